The van der Waals surface area contributed by atoms with Gasteiger partial charge in [-0.2, -0.15) is 0 Å². The molecule has 1 aromatic heterocycles. The van der Waals surface area contributed by atoms with Crippen LogP contribution < -0.4 is 14.9 Å². The van der Waals surface area contributed by atoms with E-state index in [0.717, 1.165) is 26.7 Å². The van der Waals surface area contributed by atoms with Gasteiger partial charge in [0.1, 0.15) is 5.75 Å². The average Bonchev–Trinajstić information content (AvgIpc) is 3.12. The summed E-state index contributed by atoms with van der Waals surface area (Å²) in [5, 5.41) is 11.1. The molecule has 0 unspecified atom stereocenters. The Balaban J connectivity index is 2.00. The highest BCUT2D eigenvalue weighted by Gasteiger charge is 2.33. The van der Waals surface area contributed by atoms with Crippen LogP contribution in [0, 0.1) is 0 Å². The van der Waals surface area contributed by atoms with Crippen LogP contribution in [0.1, 0.15) is 83.7 Å². The van der Waals surface area contributed by atoms with Crippen LogP contribution in [0.15, 0.2) is 61.9 Å². The molecule has 6 nitrogen and oxygen atoms in total. The van der Waals surface area contributed by atoms with E-state index in [9.17, 15) is 14.7 Å². The zero-order valence-electron chi connectivity index (χ0n) is 23.7. The standard InChI is InChI=1S/C31H35BrN2O4S/c1-9-38-28(37)24-17(2)33-29-34(25(24)19-11-10-12-20(32)16-19)27(36)23(39-29)15-18-13-21(30(3,4)5)26(35)22(14-18)31(6,7)8/h10-16,25,35H,9H2,1-8H3/b23-15-/t25-/m1/s1. The number of thiazole rings is 1. The highest BCUT2D eigenvalue weighted by Crippen LogP contribution is 2.40. The first kappa shape index (κ1) is 29.0. The number of hydrogen-bond acceptors (Lipinski definition) is 6. The number of aromatic hydroxyl groups is 1. The highest BCUT2D eigenvalue weighted by atomic mass is 79.9. The van der Waals surface area contributed by atoms with Crippen LogP contribution in [0.25, 0.3) is 6.08 Å². The minimum atomic E-state index is -0.671. The molecule has 0 fully saturated rings. The van der Waals surface area contributed by atoms with Crippen LogP contribution >= 0.6 is 27.3 Å². The van der Waals surface area contributed by atoms with Crippen molar-refractivity contribution in [1.82, 2.24) is 4.57 Å². The molecule has 1 aliphatic rings. The van der Waals surface area contributed by atoms with Crippen LogP contribution in [0.4, 0.5) is 0 Å². The Morgan fingerprint density at radius 2 is 1.74 bits per heavy atom. The van der Waals surface area contributed by atoms with Crippen molar-refractivity contribution in [3.63, 3.8) is 0 Å². The van der Waals surface area contributed by atoms with Gasteiger partial charge in [-0.25, -0.2) is 9.79 Å². The molecule has 0 saturated carbocycles. The second-order valence-corrected chi connectivity index (χ2v) is 13.7. The molecule has 1 atom stereocenters. The number of allylic oxidation sites excluding steroid dienone is 1. The van der Waals surface area contributed by atoms with E-state index >= 15 is 0 Å². The number of fused-ring (bicyclic) bond motifs is 1. The monoisotopic (exact) mass is 610 g/mol. The first-order chi connectivity index (χ1) is 18.1. The third-order valence-corrected chi connectivity index (χ3v) is 8.20. The van der Waals surface area contributed by atoms with Gasteiger partial charge in [-0.1, -0.05) is 80.9 Å². The smallest absolute Gasteiger partial charge is 0.338 e. The van der Waals surface area contributed by atoms with Gasteiger partial charge in [-0.05, 0) is 66.1 Å². The van der Waals surface area contributed by atoms with E-state index in [1.165, 1.54) is 11.3 Å². The lowest BCUT2D eigenvalue weighted by molar-refractivity contribution is -0.139. The Kier molecular flexibility index (Phi) is 7.85. The number of carbonyl (C=O) groups excluding carboxylic acids is 1. The number of phenolic OH excluding ortho intramolecular Hbond substituents is 1. The third-order valence-electron chi connectivity index (χ3n) is 6.73. The number of aromatic nitrogens is 1. The fourth-order valence-corrected chi connectivity index (χ4v) is 6.28. The fraction of sp³-hybridized carbons (Fsp3) is 0.387. The first-order valence-electron chi connectivity index (χ1n) is 13.0. The molecule has 0 amide bonds. The number of rotatable bonds is 4. The largest absolute Gasteiger partial charge is 0.507 e. The molecule has 1 aliphatic heterocycles. The van der Waals surface area contributed by atoms with E-state index in [2.05, 4.69) is 62.5 Å². The van der Waals surface area contributed by atoms with E-state index < -0.39 is 12.0 Å². The number of esters is 1. The zero-order chi connectivity index (χ0) is 28.9. The maximum atomic E-state index is 14.0. The quantitative estimate of drug-likeness (QED) is 0.375. The van der Waals surface area contributed by atoms with Crippen molar-refractivity contribution in [3.05, 3.63) is 94.1 Å². The number of hydrogen-bond donors (Lipinski definition) is 1. The molecule has 1 N–H and O–H groups in total. The van der Waals surface area contributed by atoms with E-state index in [-0.39, 0.29) is 28.7 Å². The van der Waals surface area contributed by atoms with Crippen LogP contribution in [-0.2, 0) is 20.4 Å². The number of benzene rings is 2. The molecular weight excluding hydrogens is 576 g/mol. The van der Waals surface area contributed by atoms with Crippen molar-refractivity contribution in [2.45, 2.75) is 72.3 Å². The summed E-state index contributed by atoms with van der Waals surface area (Å²) in [5.74, 6) is -0.195. The molecule has 0 saturated heterocycles. The van der Waals surface area contributed by atoms with Gasteiger partial charge in [0.2, 0.25) is 0 Å². The topological polar surface area (TPSA) is 80.9 Å². The number of carbonyl (C=O) groups is 1. The fourth-order valence-electron chi connectivity index (χ4n) is 4.82. The summed E-state index contributed by atoms with van der Waals surface area (Å²) >= 11 is 4.81. The summed E-state index contributed by atoms with van der Waals surface area (Å²) in [4.78, 5) is 32.3. The second-order valence-electron chi connectivity index (χ2n) is 11.8. The Bertz CT molecular complexity index is 1630. The molecule has 2 aromatic carbocycles. The van der Waals surface area contributed by atoms with Crippen molar-refractivity contribution < 1.29 is 14.6 Å². The zero-order valence-corrected chi connectivity index (χ0v) is 26.1. The summed E-state index contributed by atoms with van der Waals surface area (Å²) in [6.07, 6.45) is 1.86. The highest BCUT2D eigenvalue weighted by molar-refractivity contribution is 9.10. The number of ether oxygens (including phenoxy) is 1. The van der Waals surface area contributed by atoms with E-state index in [0.29, 0.717) is 20.6 Å². The van der Waals surface area contributed by atoms with Crippen molar-refractivity contribution in [1.29, 1.82) is 0 Å². The summed E-state index contributed by atoms with van der Waals surface area (Å²) in [6, 6.07) is 10.8. The molecule has 0 radical (unpaired) electrons. The molecule has 39 heavy (non-hydrogen) atoms. The minimum Gasteiger partial charge on any atom is -0.507 e. The minimum absolute atomic E-state index is 0.221. The lowest BCUT2D eigenvalue weighted by Gasteiger charge is -2.27. The summed E-state index contributed by atoms with van der Waals surface area (Å²) in [6.45, 7) is 16.1. The van der Waals surface area contributed by atoms with Gasteiger partial charge < -0.3 is 9.84 Å². The van der Waals surface area contributed by atoms with E-state index in [1.807, 2.05) is 42.5 Å². The van der Waals surface area contributed by atoms with E-state index in [1.54, 1.807) is 18.4 Å². The molecule has 0 aliphatic carbocycles. The van der Waals surface area contributed by atoms with Gasteiger partial charge in [-0.15, -0.1) is 0 Å². The summed E-state index contributed by atoms with van der Waals surface area (Å²) in [7, 11) is 0. The maximum Gasteiger partial charge on any atom is 0.338 e. The molecular formula is C31H35BrN2O4S. The number of halogens is 1. The average molecular weight is 612 g/mol. The Morgan fingerprint density at radius 1 is 1.13 bits per heavy atom. The third kappa shape index (κ3) is 5.68. The molecule has 4 rings (SSSR count). The van der Waals surface area contributed by atoms with Crippen LogP contribution in [0.5, 0.6) is 5.75 Å². The summed E-state index contributed by atoms with van der Waals surface area (Å²) < 4.78 is 8.31. The summed E-state index contributed by atoms with van der Waals surface area (Å²) in [5.41, 5.74) is 3.30. The Labute approximate surface area is 241 Å². The van der Waals surface area contributed by atoms with Gasteiger partial charge in [0.05, 0.1) is 28.5 Å². The molecule has 206 valence electrons. The SMILES string of the molecule is CCOC(=O)C1=C(C)N=c2s/c(=C\c3cc(C(C)(C)C)c(O)c(C(C)(C)C)c3)c(=O)n2[C@@H]1c1cccc(Br)c1. The first-order valence-corrected chi connectivity index (χ1v) is 14.6. The van der Waals surface area contributed by atoms with Gasteiger partial charge in [-0.3, -0.25) is 9.36 Å². The normalized spacial score (nSPS) is 16.2. The van der Waals surface area contributed by atoms with Crippen molar-refractivity contribution in [3.8, 4) is 5.75 Å². The molecule has 0 spiro atoms. The van der Waals surface area contributed by atoms with Gasteiger partial charge in [0.25, 0.3) is 5.56 Å². The number of phenols is 1. The lowest BCUT2D eigenvalue weighted by atomic mass is 9.78. The predicted octanol–water partition coefficient (Wildman–Crippen LogP) is 5.86. The molecule has 3 aromatic rings. The van der Waals surface area contributed by atoms with Crippen LogP contribution in [0.2, 0.25) is 0 Å². The Morgan fingerprint density at radius 3 is 2.28 bits per heavy atom. The maximum absolute atomic E-state index is 14.0. The second kappa shape index (κ2) is 10.5. The number of nitrogens with zero attached hydrogens (tertiary/aromatic N) is 2. The van der Waals surface area contributed by atoms with Crippen molar-refractivity contribution in [2.75, 3.05) is 6.61 Å². The van der Waals surface area contributed by atoms with Crippen LogP contribution in [0.3, 0.4) is 0 Å². The van der Waals surface area contributed by atoms with Crippen molar-refractivity contribution in [2.24, 2.45) is 4.99 Å². The van der Waals surface area contributed by atoms with Gasteiger partial charge in [0.15, 0.2) is 4.80 Å². The molecule has 8 heteroatoms. The predicted molar refractivity (Wildman–Crippen MR) is 160 cm³/mol. The van der Waals surface area contributed by atoms with Crippen molar-refractivity contribution >= 4 is 39.3 Å². The molecule has 2 heterocycles. The lowest BCUT2D eigenvalue weighted by Crippen LogP contribution is -2.40. The van der Waals surface area contributed by atoms with Gasteiger partial charge in [0, 0.05) is 15.6 Å². The Hall–Kier alpha value is -2.97. The van der Waals surface area contributed by atoms with E-state index in [4.69, 9.17) is 4.74 Å². The van der Waals surface area contributed by atoms with Gasteiger partial charge >= 0.3 is 5.97 Å². The molecule has 0 bridgehead atoms. The van der Waals surface area contributed by atoms with Crippen LogP contribution in [-0.4, -0.2) is 22.2 Å².